The van der Waals surface area contributed by atoms with E-state index in [9.17, 15) is 40.8 Å². The number of alkyl halides is 3. The monoisotopic (exact) mass is 821 g/mol. The lowest BCUT2D eigenvalue weighted by Crippen LogP contribution is -2.59. The van der Waals surface area contributed by atoms with Crippen molar-refractivity contribution < 1.29 is 55.0 Å². The molecule has 2 aliphatic carbocycles. The second-order valence-corrected chi connectivity index (χ2v) is 18.9. The molecule has 18 heteroatoms. The van der Waals surface area contributed by atoms with Crippen LogP contribution in [0.15, 0.2) is 42.6 Å². The van der Waals surface area contributed by atoms with Crippen LogP contribution in [0, 0.1) is 17.8 Å². The van der Waals surface area contributed by atoms with Gasteiger partial charge in [0.15, 0.2) is 0 Å². The van der Waals surface area contributed by atoms with E-state index in [-0.39, 0.29) is 31.2 Å². The van der Waals surface area contributed by atoms with Crippen LogP contribution in [0.3, 0.4) is 0 Å². The zero-order valence-corrected chi connectivity index (χ0v) is 33.6. The van der Waals surface area contributed by atoms with Gasteiger partial charge in [-0.15, -0.1) is 0 Å². The largest absolute Gasteiger partial charge is 0.497 e. The molecule has 57 heavy (non-hydrogen) atoms. The second kappa shape index (κ2) is 15.3. The number of hydrogen-bond donors (Lipinski definition) is 3. The number of carbonyl (C=O) groups excluding carboxylic acids is 4. The summed E-state index contributed by atoms with van der Waals surface area (Å²) >= 11 is 0. The van der Waals surface area contributed by atoms with E-state index in [0.29, 0.717) is 57.1 Å². The number of methoxy groups -OCH3 is 1. The fraction of sp³-hybridized carbons (Fsp3) is 0.615. The van der Waals surface area contributed by atoms with Gasteiger partial charge in [-0.1, -0.05) is 26.0 Å². The smallest absolute Gasteiger partial charge is 0.427 e. The molecule has 1 saturated heterocycles. The van der Waals surface area contributed by atoms with Gasteiger partial charge in [-0.3, -0.25) is 19.1 Å². The summed E-state index contributed by atoms with van der Waals surface area (Å²) in [7, 11) is -2.54. The van der Waals surface area contributed by atoms with Crippen molar-refractivity contribution in [3.05, 3.63) is 42.6 Å². The first-order chi connectivity index (χ1) is 26.6. The van der Waals surface area contributed by atoms with Gasteiger partial charge in [0.05, 0.1) is 18.4 Å². The first-order valence-corrected chi connectivity index (χ1v) is 20.6. The lowest BCUT2D eigenvalue weighted by atomic mass is 9.88. The molecule has 14 nitrogen and oxygen atoms in total. The molecule has 6 rings (SSSR count). The highest BCUT2D eigenvalue weighted by Crippen LogP contribution is 2.48. The number of halogens is 3. The van der Waals surface area contributed by atoms with Crippen LogP contribution in [0.1, 0.15) is 79.6 Å². The maximum Gasteiger partial charge on any atom is 0.427 e. The van der Waals surface area contributed by atoms with E-state index in [4.69, 9.17) is 14.2 Å². The van der Waals surface area contributed by atoms with E-state index in [1.807, 2.05) is 13.0 Å². The fourth-order valence-electron chi connectivity index (χ4n) is 7.55. The first kappa shape index (κ1) is 42.0. The molecule has 2 aromatic rings. The van der Waals surface area contributed by atoms with E-state index < -0.39 is 85.9 Å². The number of rotatable bonds is 8. The van der Waals surface area contributed by atoms with Crippen molar-refractivity contribution in [3.8, 4) is 11.6 Å². The van der Waals surface area contributed by atoms with E-state index in [2.05, 4.69) is 20.3 Å². The van der Waals surface area contributed by atoms with Gasteiger partial charge in [-0.25, -0.2) is 18.2 Å². The minimum Gasteiger partial charge on any atom is -0.497 e. The molecule has 4 amide bonds. The Bertz CT molecular complexity index is 2060. The SMILES string of the molecule is COc1ccc2c(O[C@@H]3C[C@H]4C(=O)N[C@]5(C(=O)NS(=O)(=O)C6(C)CC6)C[C@H]5/C=C\CC[C@H](C)C[C@@H](C)[C@H](NC(=O)OC(C)(C)C(F)(F)F)C(=O)N4C3)nccc2c1. The number of amides is 4. The number of nitrogens with zero attached hydrogens (tertiary/aromatic N) is 2. The Labute approximate surface area is 329 Å². The number of ether oxygens (including phenoxy) is 3. The van der Waals surface area contributed by atoms with Crippen molar-refractivity contribution in [3.63, 3.8) is 0 Å². The molecule has 312 valence electrons. The average Bonchev–Trinajstić information content (AvgIpc) is 4.01. The Balaban J connectivity index is 1.35. The molecular weight excluding hydrogens is 772 g/mol. The van der Waals surface area contributed by atoms with Crippen molar-refractivity contribution >= 4 is 44.6 Å². The van der Waals surface area contributed by atoms with E-state index in [1.165, 1.54) is 25.1 Å². The molecule has 2 aliphatic heterocycles. The summed E-state index contributed by atoms with van der Waals surface area (Å²) in [6, 6.07) is 4.26. The number of carbonyl (C=O) groups is 4. The number of aromatic nitrogens is 1. The number of benzene rings is 1. The molecule has 4 aliphatic rings. The first-order valence-electron chi connectivity index (χ1n) is 19.1. The summed E-state index contributed by atoms with van der Waals surface area (Å²) < 4.78 is 85.1. The van der Waals surface area contributed by atoms with E-state index >= 15 is 0 Å². The summed E-state index contributed by atoms with van der Waals surface area (Å²) in [5, 5.41) is 6.53. The molecular formula is C39H50F3N5O9S. The number of sulfonamides is 1. The summed E-state index contributed by atoms with van der Waals surface area (Å²) in [6.45, 7) is 6.34. The maximum atomic E-state index is 14.7. The predicted octanol–water partition coefficient (Wildman–Crippen LogP) is 4.91. The molecule has 1 aromatic heterocycles. The van der Waals surface area contributed by atoms with Crippen molar-refractivity contribution in [1.82, 2.24) is 25.2 Å². The molecule has 7 atom stereocenters. The molecule has 0 radical (unpaired) electrons. The molecule has 3 heterocycles. The third-order valence-corrected chi connectivity index (χ3v) is 13.9. The number of fused-ring (bicyclic) bond motifs is 3. The van der Waals surface area contributed by atoms with Gasteiger partial charge in [0.1, 0.15) is 29.5 Å². The van der Waals surface area contributed by atoms with Crippen molar-refractivity contribution in [2.75, 3.05) is 13.7 Å². The molecule has 3 N–H and O–H groups in total. The van der Waals surface area contributed by atoms with Gasteiger partial charge in [0, 0.05) is 23.9 Å². The Morgan fingerprint density at radius 2 is 1.81 bits per heavy atom. The Morgan fingerprint density at radius 1 is 1.09 bits per heavy atom. The summed E-state index contributed by atoms with van der Waals surface area (Å²) in [4.78, 5) is 61.8. The zero-order valence-electron chi connectivity index (χ0n) is 32.8. The molecule has 2 saturated carbocycles. The highest BCUT2D eigenvalue weighted by Gasteiger charge is 2.63. The van der Waals surface area contributed by atoms with Crippen molar-refractivity contribution in [2.24, 2.45) is 17.8 Å². The van der Waals surface area contributed by atoms with Gasteiger partial charge in [0.2, 0.25) is 33.3 Å². The summed E-state index contributed by atoms with van der Waals surface area (Å²) in [6.07, 6.45) is 0.222. The molecule has 3 fully saturated rings. The van der Waals surface area contributed by atoms with Crippen LogP contribution in [-0.4, -0.2) is 96.0 Å². The van der Waals surface area contributed by atoms with Gasteiger partial charge >= 0.3 is 12.3 Å². The normalized spacial score (nSPS) is 29.7. The molecule has 1 aromatic carbocycles. The van der Waals surface area contributed by atoms with Crippen molar-refractivity contribution in [1.29, 1.82) is 0 Å². The van der Waals surface area contributed by atoms with Gasteiger partial charge < -0.3 is 29.7 Å². The van der Waals surface area contributed by atoms with Crippen LogP contribution < -0.4 is 24.8 Å². The van der Waals surface area contributed by atoms with Crippen LogP contribution in [0.5, 0.6) is 11.6 Å². The van der Waals surface area contributed by atoms with Gasteiger partial charge in [-0.05, 0) is 101 Å². The number of alkyl carbamates (subject to hydrolysis) is 1. The summed E-state index contributed by atoms with van der Waals surface area (Å²) in [5.41, 5.74) is -4.52. The Kier molecular flexibility index (Phi) is 11.3. The lowest BCUT2D eigenvalue weighted by Gasteiger charge is -2.34. The summed E-state index contributed by atoms with van der Waals surface area (Å²) in [5.74, 6) is -2.86. The van der Waals surface area contributed by atoms with E-state index in [0.717, 1.165) is 5.39 Å². The number of allylic oxidation sites excluding steroid dienone is 1. The molecule has 0 spiro atoms. The zero-order chi connectivity index (χ0) is 41.7. The predicted molar refractivity (Wildman–Crippen MR) is 201 cm³/mol. The van der Waals surface area contributed by atoms with Crippen LogP contribution in [0.4, 0.5) is 18.0 Å². The third kappa shape index (κ3) is 8.65. The molecule has 0 unspecified atom stereocenters. The minimum absolute atomic E-state index is 0.0347. The highest BCUT2D eigenvalue weighted by atomic mass is 32.2. The standard InChI is InChI=1S/C39H50F3N5O9S/c1-22-9-7-8-10-25-20-38(25,34(50)46-57(52,53)37(5)14-15-37)45-31(48)29-19-27(55-32-28-12-11-26(54-6)18-24(28)13-16-43-32)21-47(29)33(49)30(23(2)17-22)44-35(51)56-36(3,4)39(40,41)42/h8,10-13,16,18,22-23,25,27,29-30H,7,9,14-15,17,19-21H2,1-6H3,(H,44,51)(H,45,48)(H,46,50)/b10-8-/t22-,23+,25+,27+,29-,30-,38+/m0/s1. The number of hydrogen-bond acceptors (Lipinski definition) is 10. The van der Waals surface area contributed by atoms with E-state index in [1.54, 1.807) is 37.3 Å². The fourth-order valence-corrected chi connectivity index (χ4v) is 8.86. The number of pyridine rings is 1. The lowest BCUT2D eigenvalue weighted by molar-refractivity contribution is -0.244. The second-order valence-electron chi connectivity index (χ2n) is 16.7. The maximum absolute atomic E-state index is 14.7. The van der Waals surface area contributed by atoms with Crippen LogP contribution in [-0.2, 0) is 29.1 Å². The van der Waals surface area contributed by atoms with Crippen LogP contribution >= 0.6 is 0 Å². The highest BCUT2D eigenvalue weighted by molar-refractivity contribution is 7.91. The third-order valence-electron chi connectivity index (χ3n) is 11.8. The minimum atomic E-state index is -4.91. The van der Waals surface area contributed by atoms with Crippen molar-refractivity contribution in [2.45, 2.75) is 120 Å². The Morgan fingerprint density at radius 3 is 2.47 bits per heavy atom. The topological polar surface area (TPSA) is 182 Å². The average molecular weight is 822 g/mol. The van der Waals surface area contributed by atoms with Crippen LogP contribution in [0.2, 0.25) is 0 Å². The molecule has 0 bridgehead atoms. The quantitative estimate of drug-likeness (QED) is 0.310. The van der Waals surface area contributed by atoms with Gasteiger partial charge in [-0.2, -0.15) is 13.2 Å². The van der Waals surface area contributed by atoms with Gasteiger partial charge in [0.25, 0.3) is 5.91 Å². The number of nitrogens with one attached hydrogen (secondary N) is 3. The van der Waals surface area contributed by atoms with Crippen LogP contribution in [0.25, 0.3) is 10.8 Å². The Hall–Kier alpha value is -4.61.